The highest BCUT2D eigenvalue weighted by molar-refractivity contribution is 7.92. The summed E-state index contributed by atoms with van der Waals surface area (Å²) in [6, 6.07) is 8.50. The van der Waals surface area contributed by atoms with Gasteiger partial charge in [0.1, 0.15) is 10.6 Å². The molecule has 0 saturated heterocycles. The topological polar surface area (TPSA) is 68.6 Å². The lowest BCUT2D eigenvalue weighted by molar-refractivity contribution is 0.0515. The number of carbonyl (C=O) groups is 1. The van der Waals surface area contributed by atoms with E-state index in [-0.39, 0.29) is 17.2 Å². The van der Waals surface area contributed by atoms with Gasteiger partial charge in [0.15, 0.2) is 0 Å². The van der Waals surface area contributed by atoms with Crippen LogP contribution in [0, 0.1) is 6.92 Å². The standard InChI is InChI=1S/C16H20N2O4S/c1-5-22-16(19)15-10-14(11-17(15)3)23(20,21)18(4)13-8-6-12(2)7-9-13/h6-11H,5H2,1-4H3. The number of aryl methyl sites for hydroxylation is 2. The lowest BCUT2D eigenvalue weighted by Crippen LogP contribution is -2.26. The smallest absolute Gasteiger partial charge is 0.354 e. The van der Waals surface area contributed by atoms with Gasteiger partial charge in [-0.15, -0.1) is 0 Å². The maximum absolute atomic E-state index is 12.7. The number of ether oxygens (including phenoxy) is 1. The maximum atomic E-state index is 12.7. The summed E-state index contributed by atoms with van der Waals surface area (Å²) in [6.45, 7) is 3.86. The molecule has 0 aliphatic rings. The fourth-order valence-electron chi connectivity index (χ4n) is 2.13. The number of anilines is 1. The van der Waals surface area contributed by atoms with Crippen molar-refractivity contribution in [2.45, 2.75) is 18.7 Å². The van der Waals surface area contributed by atoms with Crippen molar-refractivity contribution in [3.63, 3.8) is 0 Å². The predicted octanol–water partition coefficient (Wildman–Crippen LogP) is 2.34. The lowest BCUT2D eigenvalue weighted by atomic mass is 10.2. The van der Waals surface area contributed by atoms with E-state index in [2.05, 4.69) is 0 Å². The van der Waals surface area contributed by atoms with Gasteiger partial charge in [0.2, 0.25) is 0 Å². The van der Waals surface area contributed by atoms with Gasteiger partial charge in [-0.1, -0.05) is 17.7 Å². The number of hydrogen-bond donors (Lipinski definition) is 0. The molecule has 124 valence electrons. The first-order chi connectivity index (χ1) is 10.8. The predicted molar refractivity (Wildman–Crippen MR) is 88.1 cm³/mol. The fraction of sp³-hybridized carbons (Fsp3) is 0.312. The molecular formula is C16H20N2O4S. The molecule has 0 bridgehead atoms. The Bertz CT molecular complexity index is 807. The van der Waals surface area contributed by atoms with Gasteiger partial charge in [-0.2, -0.15) is 0 Å². The van der Waals surface area contributed by atoms with Crippen molar-refractivity contribution in [3.05, 3.63) is 47.8 Å². The fourth-order valence-corrected chi connectivity index (χ4v) is 3.40. The van der Waals surface area contributed by atoms with E-state index in [0.717, 1.165) is 5.56 Å². The Morgan fingerprint density at radius 1 is 1.26 bits per heavy atom. The minimum Gasteiger partial charge on any atom is -0.461 e. The Morgan fingerprint density at radius 2 is 1.87 bits per heavy atom. The summed E-state index contributed by atoms with van der Waals surface area (Å²) >= 11 is 0. The van der Waals surface area contributed by atoms with Crippen molar-refractivity contribution in [2.24, 2.45) is 7.05 Å². The van der Waals surface area contributed by atoms with Crippen molar-refractivity contribution in [1.29, 1.82) is 0 Å². The van der Waals surface area contributed by atoms with Crippen molar-refractivity contribution >= 4 is 21.7 Å². The van der Waals surface area contributed by atoms with Gasteiger partial charge in [0.05, 0.1) is 12.3 Å². The number of hydrogen-bond acceptors (Lipinski definition) is 4. The quantitative estimate of drug-likeness (QED) is 0.786. The Hall–Kier alpha value is -2.28. The molecule has 23 heavy (non-hydrogen) atoms. The normalized spacial score (nSPS) is 11.3. The van der Waals surface area contributed by atoms with Crippen LogP contribution >= 0.6 is 0 Å². The van der Waals surface area contributed by atoms with Gasteiger partial charge in [-0.25, -0.2) is 13.2 Å². The van der Waals surface area contributed by atoms with Crippen LogP contribution in [-0.2, 0) is 21.8 Å². The van der Waals surface area contributed by atoms with E-state index >= 15 is 0 Å². The summed E-state index contributed by atoms with van der Waals surface area (Å²) in [5.74, 6) is -0.547. The first kappa shape index (κ1) is 17.1. The summed E-state index contributed by atoms with van der Waals surface area (Å²) in [6.07, 6.45) is 1.41. The van der Waals surface area contributed by atoms with Crippen LogP contribution in [0.3, 0.4) is 0 Å². The van der Waals surface area contributed by atoms with Crippen LogP contribution in [0.2, 0.25) is 0 Å². The molecule has 1 heterocycles. The molecule has 0 amide bonds. The van der Waals surface area contributed by atoms with E-state index < -0.39 is 16.0 Å². The Balaban J connectivity index is 2.38. The van der Waals surface area contributed by atoms with E-state index in [4.69, 9.17) is 4.74 Å². The molecule has 1 aromatic carbocycles. The summed E-state index contributed by atoms with van der Waals surface area (Å²) < 4.78 is 33.0. The van der Waals surface area contributed by atoms with Crippen LogP contribution in [-0.4, -0.2) is 32.6 Å². The molecule has 2 rings (SSSR count). The summed E-state index contributed by atoms with van der Waals surface area (Å²) in [5, 5.41) is 0. The highest BCUT2D eigenvalue weighted by atomic mass is 32.2. The Labute approximate surface area is 136 Å². The molecule has 0 fully saturated rings. The van der Waals surface area contributed by atoms with E-state index in [1.165, 1.54) is 28.2 Å². The van der Waals surface area contributed by atoms with Gasteiger partial charge in [-0.05, 0) is 32.0 Å². The molecule has 7 heteroatoms. The van der Waals surface area contributed by atoms with Crippen LogP contribution in [0.4, 0.5) is 5.69 Å². The average Bonchev–Trinajstić information content (AvgIpc) is 2.90. The van der Waals surface area contributed by atoms with Crippen molar-refractivity contribution in [2.75, 3.05) is 18.0 Å². The molecule has 2 aromatic rings. The third kappa shape index (κ3) is 3.39. The van der Waals surface area contributed by atoms with Gasteiger partial charge in [0.25, 0.3) is 10.0 Å². The Kier molecular flexibility index (Phi) is 4.79. The number of sulfonamides is 1. The van der Waals surface area contributed by atoms with Crippen LogP contribution in [0.15, 0.2) is 41.4 Å². The molecule has 1 aromatic heterocycles. The van der Waals surface area contributed by atoms with E-state index in [1.54, 1.807) is 26.1 Å². The number of esters is 1. The van der Waals surface area contributed by atoms with Gasteiger partial charge in [0, 0.05) is 20.3 Å². The minimum absolute atomic E-state index is 0.0473. The first-order valence-electron chi connectivity index (χ1n) is 7.16. The highest BCUT2D eigenvalue weighted by Crippen LogP contribution is 2.24. The number of benzene rings is 1. The van der Waals surface area contributed by atoms with Gasteiger partial charge in [-0.3, -0.25) is 4.31 Å². The SMILES string of the molecule is CCOC(=O)c1cc(S(=O)(=O)N(C)c2ccc(C)cc2)cn1C. The number of rotatable bonds is 5. The van der Waals surface area contributed by atoms with Crippen LogP contribution in [0.5, 0.6) is 0 Å². The zero-order valence-corrected chi connectivity index (χ0v) is 14.4. The molecular weight excluding hydrogens is 316 g/mol. The van der Waals surface area contributed by atoms with Crippen molar-refractivity contribution < 1.29 is 17.9 Å². The summed E-state index contributed by atoms with van der Waals surface area (Å²) in [5.41, 5.74) is 1.80. The second kappa shape index (κ2) is 6.45. The van der Waals surface area contributed by atoms with E-state index in [1.807, 2.05) is 19.1 Å². The molecule has 0 spiro atoms. The van der Waals surface area contributed by atoms with Crippen LogP contribution in [0.25, 0.3) is 0 Å². The number of nitrogens with zero attached hydrogens (tertiary/aromatic N) is 2. The molecule has 0 atom stereocenters. The van der Waals surface area contributed by atoms with Crippen LogP contribution in [0.1, 0.15) is 23.0 Å². The van der Waals surface area contributed by atoms with E-state index in [0.29, 0.717) is 5.69 Å². The second-order valence-corrected chi connectivity index (χ2v) is 7.17. The summed E-state index contributed by atoms with van der Waals surface area (Å²) in [4.78, 5) is 11.9. The zero-order chi connectivity index (χ0) is 17.2. The third-order valence-electron chi connectivity index (χ3n) is 3.52. The molecule has 0 aliphatic carbocycles. The molecule has 0 N–H and O–H groups in total. The molecule has 0 saturated carbocycles. The molecule has 0 radical (unpaired) electrons. The zero-order valence-electron chi connectivity index (χ0n) is 13.6. The molecule has 0 unspecified atom stereocenters. The average molecular weight is 336 g/mol. The first-order valence-corrected chi connectivity index (χ1v) is 8.60. The molecule has 6 nitrogen and oxygen atoms in total. The van der Waals surface area contributed by atoms with E-state index in [9.17, 15) is 13.2 Å². The van der Waals surface area contributed by atoms with Crippen LogP contribution < -0.4 is 4.31 Å². The monoisotopic (exact) mass is 336 g/mol. The summed E-state index contributed by atoms with van der Waals surface area (Å²) in [7, 11) is -0.659. The number of aromatic nitrogens is 1. The maximum Gasteiger partial charge on any atom is 0.354 e. The Morgan fingerprint density at radius 3 is 2.43 bits per heavy atom. The second-order valence-electron chi connectivity index (χ2n) is 5.20. The molecule has 0 aliphatic heterocycles. The number of carbonyl (C=O) groups excluding carboxylic acids is 1. The van der Waals surface area contributed by atoms with Gasteiger partial charge < -0.3 is 9.30 Å². The van der Waals surface area contributed by atoms with Gasteiger partial charge >= 0.3 is 5.97 Å². The lowest BCUT2D eigenvalue weighted by Gasteiger charge is -2.18. The minimum atomic E-state index is -3.75. The van der Waals surface area contributed by atoms with Crippen molar-refractivity contribution in [3.8, 4) is 0 Å². The van der Waals surface area contributed by atoms with Crippen molar-refractivity contribution in [1.82, 2.24) is 4.57 Å². The highest BCUT2D eigenvalue weighted by Gasteiger charge is 2.25. The largest absolute Gasteiger partial charge is 0.461 e. The third-order valence-corrected chi connectivity index (χ3v) is 5.27.